The van der Waals surface area contributed by atoms with E-state index in [2.05, 4.69) is 22.2 Å². The summed E-state index contributed by atoms with van der Waals surface area (Å²) in [6.07, 6.45) is 0.813. The van der Waals surface area contributed by atoms with E-state index in [0.717, 1.165) is 17.0 Å². The molecule has 8 heteroatoms. The number of benzene rings is 1. The van der Waals surface area contributed by atoms with Gasteiger partial charge in [0.15, 0.2) is 0 Å². The highest BCUT2D eigenvalue weighted by Crippen LogP contribution is 2.22. The molecule has 3 heterocycles. The second-order valence-corrected chi connectivity index (χ2v) is 6.73. The monoisotopic (exact) mass is 353 g/mol. The van der Waals surface area contributed by atoms with Crippen LogP contribution in [-0.4, -0.2) is 82.1 Å². The highest BCUT2D eigenvalue weighted by molar-refractivity contribution is 6.23. The molecule has 1 fully saturated rings. The summed E-state index contributed by atoms with van der Waals surface area (Å²) in [5.41, 5.74) is 2.12. The predicted molar refractivity (Wildman–Crippen MR) is 97.2 cm³/mol. The Balaban J connectivity index is 1.64. The maximum atomic E-state index is 12.7. The van der Waals surface area contributed by atoms with E-state index in [1.54, 1.807) is 7.05 Å². The van der Waals surface area contributed by atoms with Crippen molar-refractivity contribution in [3.8, 4) is 0 Å². The van der Waals surface area contributed by atoms with E-state index in [9.17, 15) is 9.59 Å². The number of hydrogen-bond acceptors (Lipinski definition) is 5. The van der Waals surface area contributed by atoms with Gasteiger partial charge in [-0.2, -0.15) is 0 Å². The van der Waals surface area contributed by atoms with Gasteiger partial charge in [0.2, 0.25) is 11.9 Å². The average Bonchev–Trinajstić information content (AvgIpc) is 3.03. The molecule has 8 nitrogen and oxygen atoms in total. The van der Waals surface area contributed by atoms with Gasteiger partial charge < -0.3 is 0 Å². The zero-order valence-corrected chi connectivity index (χ0v) is 15.1. The van der Waals surface area contributed by atoms with Crippen LogP contribution in [0, 0.1) is 0 Å². The van der Waals surface area contributed by atoms with Gasteiger partial charge in [-0.15, -0.1) is 10.1 Å². The molecule has 134 valence electrons. The summed E-state index contributed by atoms with van der Waals surface area (Å²) in [5.74, 6) is 0.858. The van der Waals surface area contributed by atoms with Gasteiger partial charge in [-0.1, -0.05) is 35.3 Å². The number of carbonyl (C=O) groups excluding carboxylic acids is 2. The van der Waals surface area contributed by atoms with Crippen LogP contribution in [-0.2, 0) is 11.2 Å². The lowest BCUT2D eigenvalue weighted by atomic mass is 10.1. The van der Waals surface area contributed by atoms with Crippen molar-refractivity contribution in [1.29, 1.82) is 0 Å². The molecule has 1 atom stereocenters. The third-order valence-electron chi connectivity index (χ3n) is 4.89. The van der Waals surface area contributed by atoms with Crippen LogP contribution in [0.2, 0.25) is 0 Å². The zero-order valence-electron chi connectivity index (χ0n) is 15.1. The van der Waals surface area contributed by atoms with Crippen LogP contribution >= 0.6 is 0 Å². The summed E-state index contributed by atoms with van der Waals surface area (Å²) < 4.78 is 1.93. The first kappa shape index (κ1) is 16.4. The Hall–Kier alpha value is -3.03. The Labute approximate surface area is 151 Å². The molecule has 0 saturated carbocycles. The van der Waals surface area contributed by atoms with Crippen LogP contribution in [0.3, 0.4) is 0 Å². The molecule has 0 aromatic heterocycles. The van der Waals surface area contributed by atoms with Gasteiger partial charge in [-0.25, -0.2) is 9.37 Å². The first-order valence-corrected chi connectivity index (χ1v) is 8.60. The largest absolute Gasteiger partial charge is 0.416 e. The summed E-state index contributed by atoms with van der Waals surface area (Å²) >= 11 is 0. The molecule has 26 heavy (non-hydrogen) atoms. The maximum Gasteiger partial charge on any atom is 0.416 e. The van der Waals surface area contributed by atoms with Crippen LogP contribution in [0.5, 0.6) is 0 Å². The van der Waals surface area contributed by atoms with Gasteiger partial charge in [0.05, 0.1) is 12.3 Å². The van der Waals surface area contributed by atoms with Crippen LogP contribution < -0.4 is 0 Å². The van der Waals surface area contributed by atoms with Crippen molar-refractivity contribution in [2.24, 2.45) is 10.1 Å². The smallest absolute Gasteiger partial charge is 0.270 e. The minimum absolute atomic E-state index is 0.250. The quantitative estimate of drug-likeness (QED) is 0.747. The van der Waals surface area contributed by atoms with Gasteiger partial charge in [0, 0.05) is 20.5 Å². The maximum absolute atomic E-state index is 12.7. The van der Waals surface area contributed by atoms with Crippen LogP contribution in [0.15, 0.2) is 40.4 Å². The summed E-state index contributed by atoms with van der Waals surface area (Å²) in [5, 5.41) is 6.46. The van der Waals surface area contributed by atoms with Gasteiger partial charge in [0.1, 0.15) is 6.54 Å². The molecule has 1 saturated heterocycles. The molecule has 3 aliphatic heterocycles. The topological polar surface area (TPSA) is 71.6 Å². The molecule has 0 bridgehead atoms. The molecule has 1 aromatic rings. The highest BCUT2D eigenvalue weighted by atomic mass is 16.2. The van der Waals surface area contributed by atoms with Crippen molar-refractivity contribution in [3.63, 3.8) is 0 Å². The van der Waals surface area contributed by atoms with Crippen LogP contribution in [0.1, 0.15) is 12.5 Å². The number of guanidine groups is 1. The fraction of sp³-hybridized carbons (Fsp3) is 0.389. The second kappa shape index (κ2) is 6.05. The second-order valence-electron chi connectivity index (χ2n) is 6.73. The number of hydrazone groups is 1. The molecule has 4 rings (SSSR count). The van der Waals surface area contributed by atoms with Crippen molar-refractivity contribution in [3.05, 3.63) is 35.9 Å². The predicted octanol–water partition coefficient (Wildman–Crippen LogP) is 0.594. The summed E-state index contributed by atoms with van der Waals surface area (Å²) in [7, 11) is 3.16. The lowest BCUT2D eigenvalue weighted by molar-refractivity contribution is -0.527. The average molecular weight is 353 g/mol. The van der Waals surface area contributed by atoms with E-state index in [-0.39, 0.29) is 11.9 Å². The van der Waals surface area contributed by atoms with Gasteiger partial charge >= 0.3 is 12.0 Å². The van der Waals surface area contributed by atoms with E-state index >= 15 is 0 Å². The molecule has 1 aromatic carbocycles. The number of amidine groups is 1. The van der Waals surface area contributed by atoms with Crippen molar-refractivity contribution in [2.75, 3.05) is 27.2 Å². The number of aliphatic imine (C=N–C) groups is 1. The summed E-state index contributed by atoms with van der Waals surface area (Å²) in [6.45, 7) is 3.12. The Morgan fingerprint density at radius 1 is 1.15 bits per heavy atom. The van der Waals surface area contributed by atoms with Crippen molar-refractivity contribution < 1.29 is 14.2 Å². The lowest BCUT2D eigenvalue weighted by Crippen LogP contribution is -2.62. The highest BCUT2D eigenvalue weighted by Gasteiger charge is 2.53. The Morgan fingerprint density at radius 3 is 2.62 bits per heavy atom. The molecular weight excluding hydrogens is 332 g/mol. The number of imide groups is 1. The van der Waals surface area contributed by atoms with Crippen molar-refractivity contribution in [1.82, 2.24) is 14.8 Å². The van der Waals surface area contributed by atoms with Gasteiger partial charge in [-0.05, 0) is 12.5 Å². The molecule has 0 spiro atoms. The number of fused-ring (bicyclic) bond motifs is 2. The number of nitrogens with zero attached hydrogens (tertiary/aromatic N) is 6. The molecule has 1 unspecified atom stereocenters. The minimum Gasteiger partial charge on any atom is -0.270 e. The SMILES string of the molecule is CC1=NN(CCc2ccccc2)C2=[N+](C1)C1C(=O)N(C)C(=O)N(C)C1=N2. The Morgan fingerprint density at radius 2 is 1.88 bits per heavy atom. The fourth-order valence-electron chi connectivity index (χ4n) is 3.51. The first-order valence-electron chi connectivity index (χ1n) is 8.60. The molecule has 3 amide bonds. The fourth-order valence-corrected chi connectivity index (χ4v) is 3.51. The van der Waals surface area contributed by atoms with E-state index in [4.69, 9.17) is 0 Å². The van der Waals surface area contributed by atoms with E-state index in [1.165, 1.54) is 17.5 Å². The van der Waals surface area contributed by atoms with Crippen molar-refractivity contribution >= 4 is 29.4 Å². The van der Waals surface area contributed by atoms with Crippen LogP contribution in [0.25, 0.3) is 0 Å². The third-order valence-corrected chi connectivity index (χ3v) is 4.89. The Kier molecular flexibility index (Phi) is 3.82. The summed E-state index contributed by atoms with van der Waals surface area (Å²) in [6, 6.07) is 9.24. The van der Waals surface area contributed by atoms with Crippen LogP contribution in [0.4, 0.5) is 4.79 Å². The third kappa shape index (κ3) is 2.49. The number of urea groups is 1. The van der Waals surface area contributed by atoms with E-state index in [0.29, 0.717) is 24.9 Å². The van der Waals surface area contributed by atoms with Gasteiger partial charge in [0.25, 0.3) is 5.91 Å². The molecular formula is C18H21N6O2+. The normalized spacial score (nSPS) is 22.4. The number of amides is 3. The summed E-state index contributed by atoms with van der Waals surface area (Å²) in [4.78, 5) is 32.1. The molecule has 0 N–H and O–H groups in total. The lowest BCUT2D eigenvalue weighted by Gasteiger charge is -2.32. The van der Waals surface area contributed by atoms with E-state index < -0.39 is 6.04 Å². The van der Waals surface area contributed by atoms with E-state index in [1.807, 2.05) is 34.7 Å². The molecule has 0 radical (unpaired) electrons. The number of rotatable bonds is 3. The molecule has 0 aliphatic carbocycles. The molecule has 3 aliphatic rings. The Bertz CT molecular complexity index is 873. The zero-order chi connectivity index (χ0) is 18.4. The number of carbonyl (C=O) groups is 2. The first-order chi connectivity index (χ1) is 12.5. The van der Waals surface area contributed by atoms with Gasteiger partial charge in [-0.3, -0.25) is 14.6 Å². The van der Waals surface area contributed by atoms with Crippen molar-refractivity contribution in [2.45, 2.75) is 19.4 Å². The number of hydrogen-bond donors (Lipinski definition) is 0. The standard InChI is InChI=1S/C18H21N6O2/c1-12-11-23-14-15(21(2)18(26)22(3)16(14)25)19-17(23)24(20-12)10-9-13-7-5-4-6-8-13/h4-8,14H,9-11H2,1-3H3/q+1. The minimum atomic E-state index is -0.567. The number of likely N-dealkylation sites (N-methyl/N-ethyl adjacent to an activating group) is 2.